The Labute approximate surface area is 270 Å². The summed E-state index contributed by atoms with van der Waals surface area (Å²) in [4.78, 5) is 59.5. The molecule has 4 fully saturated rings. The number of rotatable bonds is 13. The lowest BCUT2D eigenvalue weighted by atomic mass is 9.77. The van der Waals surface area contributed by atoms with Gasteiger partial charge in [-0.05, 0) is 70.6 Å². The van der Waals surface area contributed by atoms with Crippen LogP contribution in [0.2, 0.25) is 0 Å². The highest BCUT2D eigenvalue weighted by Crippen LogP contribution is 2.36. The van der Waals surface area contributed by atoms with Gasteiger partial charge in [0.15, 0.2) is 0 Å². The van der Waals surface area contributed by atoms with Crippen LogP contribution in [0.4, 0.5) is 0 Å². The fourth-order valence-electron chi connectivity index (χ4n) is 7.47. The molecule has 0 amide bonds. The molecule has 0 aliphatic heterocycles. The molecule has 0 spiro atoms. The first kappa shape index (κ1) is 36.0. The number of ether oxygens (including phenoxy) is 4. The highest BCUT2D eigenvalue weighted by Gasteiger charge is 2.45. The molecule has 0 aromatic carbocycles. The van der Waals surface area contributed by atoms with Crippen molar-refractivity contribution in [2.45, 2.75) is 141 Å². The quantitative estimate of drug-likeness (QED) is 0.157. The molecule has 0 heterocycles. The van der Waals surface area contributed by atoms with Crippen LogP contribution >= 0.6 is 0 Å². The minimum atomic E-state index is -1.20. The van der Waals surface area contributed by atoms with E-state index in [1.807, 2.05) is 0 Å². The second-order valence-corrected chi connectivity index (χ2v) is 14.6. The fourth-order valence-corrected chi connectivity index (χ4v) is 7.47. The molecule has 2 N–H and O–H groups in total. The summed E-state index contributed by atoms with van der Waals surface area (Å²) in [6, 6.07) is -0.943. The third kappa shape index (κ3) is 10.1. The van der Waals surface area contributed by atoms with Gasteiger partial charge in [0, 0.05) is 23.2 Å². The van der Waals surface area contributed by atoms with E-state index in [4.69, 9.17) is 18.9 Å². The Morgan fingerprint density at radius 3 is 1.48 bits per heavy atom. The highest BCUT2D eigenvalue weighted by molar-refractivity contribution is 5.82. The monoisotopic (exact) mass is 653 g/mol. The third-order valence-corrected chi connectivity index (χ3v) is 10.4. The van der Waals surface area contributed by atoms with Gasteiger partial charge in [-0.1, -0.05) is 26.7 Å². The normalized spacial score (nSPS) is 33.8. The number of hydrogen-bond acceptors (Lipinski definition) is 10. The van der Waals surface area contributed by atoms with E-state index in [0.29, 0.717) is 64.6 Å². The van der Waals surface area contributed by atoms with Crippen LogP contribution < -0.4 is 0 Å². The average molecular weight is 654 g/mol. The van der Waals surface area contributed by atoms with E-state index in [1.54, 1.807) is 0 Å². The number of nitrogens with zero attached hydrogens (tertiary/aromatic N) is 1. The number of carbonyl (C=O) groups excluding carboxylic acids is 2. The summed E-state index contributed by atoms with van der Waals surface area (Å²) in [5.41, 5.74) is -0.228. The summed E-state index contributed by atoms with van der Waals surface area (Å²) in [5.74, 6) is -6.21. The molecule has 4 aliphatic rings. The van der Waals surface area contributed by atoms with Crippen molar-refractivity contribution in [1.82, 2.24) is 0 Å². The molecule has 0 aromatic rings. The molecule has 0 bridgehead atoms. The molecule has 13 nitrogen and oxygen atoms in total. The Bertz CT molecular complexity index is 1080. The van der Waals surface area contributed by atoms with Gasteiger partial charge in [-0.3, -0.25) is 29.3 Å². The Hall–Kier alpha value is -2.80. The first-order valence-corrected chi connectivity index (χ1v) is 17.1. The minimum absolute atomic E-state index is 0.0199. The molecule has 0 radical (unpaired) electrons. The van der Waals surface area contributed by atoms with Gasteiger partial charge in [0.25, 0.3) is 0 Å². The number of carboxylic acid groups (broad SMARTS) is 2. The van der Waals surface area contributed by atoms with E-state index in [1.165, 1.54) is 0 Å². The van der Waals surface area contributed by atoms with Crippen molar-refractivity contribution in [3.8, 4) is 0 Å². The predicted molar refractivity (Wildman–Crippen MR) is 162 cm³/mol. The lowest BCUT2D eigenvalue weighted by Crippen LogP contribution is -2.42. The molecule has 0 aromatic heterocycles. The molecule has 4 saturated carbocycles. The number of hydrogen-bond donors (Lipinski definition) is 2. The molecular weight excluding hydrogens is 602 g/mol. The summed E-state index contributed by atoms with van der Waals surface area (Å²) in [6.07, 6.45) is 8.10. The van der Waals surface area contributed by atoms with Crippen molar-refractivity contribution < 1.29 is 53.3 Å². The number of nitro groups is 1. The van der Waals surface area contributed by atoms with Gasteiger partial charge in [-0.25, -0.2) is 0 Å². The van der Waals surface area contributed by atoms with Gasteiger partial charge >= 0.3 is 23.9 Å². The number of carbonyl (C=O) groups is 4. The van der Waals surface area contributed by atoms with Crippen molar-refractivity contribution >= 4 is 23.9 Å². The summed E-state index contributed by atoms with van der Waals surface area (Å²) >= 11 is 0. The SMILES string of the molecule is CC(C)(COC1CCC(OC(=O)C2CCCCC2C(=O)O)CC1)COC1CCC(OC(=O)C2CCC([N+](=O)[O-])CC2C(=O)O)CC1. The van der Waals surface area contributed by atoms with Crippen LogP contribution in [-0.4, -0.2) is 82.7 Å². The van der Waals surface area contributed by atoms with Gasteiger partial charge in [-0.15, -0.1) is 0 Å². The molecule has 5 atom stereocenters. The molecule has 260 valence electrons. The van der Waals surface area contributed by atoms with Crippen LogP contribution in [0.5, 0.6) is 0 Å². The van der Waals surface area contributed by atoms with Gasteiger partial charge < -0.3 is 29.2 Å². The topological polar surface area (TPSA) is 189 Å². The van der Waals surface area contributed by atoms with Crippen LogP contribution in [0.3, 0.4) is 0 Å². The maximum Gasteiger partial charge on any atom is 0.310 e. The second-order valence-electron chi connectivity index (χ2n) is 14.6. The zero-order valence-corrected chi connectivity index (χ0v) is 27.1. The number of esters is 2. The summed E-state index contributed by atoms with van der Waals surface area (Å²) < 4.78 is 23.9. The van der Waals surface area contributed by atoms with Crippen molar-refractivity contribution in [2.24, 2.45) is 29.1 Å². The second kappa shape index (κ2) is 16.3. The Morgan fingerprint density at radius 1 is 0.630 bits per heavy atom. The van der Waals surface area contributed by atoms with Crippen LogP contribution in [0, 0.1) is 39.2 Å². The van der Waals surface area contributed by atoms with Crippen molar-refractivity contribution in [2.75, 3.05) is 13.2 Å². The number of aliphatic carboxylic acids is 2. The van der Waals surface area contributed by atoms with Crippen LogP contribution in [0.1, 0.15) is 110 Å². The highest BCUT2D eigenvalue weighted by atomic mass is 16.6. The largest absolute Gasteiger partial charge is 0.481 e. The standard InChI is InChI=1S/C33H51NO12/c1-33(2,18-43-21-8-12-23(13-9-21)45-31(39)26-6-4-3-5-25(26)29(35)36)19-44-22-10-14-24(15-11-22)46-32(40)27-16-7-20(34(41)42)17-28(27)30(37)38/h20-28H,3-19H2,1-2H3,(H,35,36)(H,37,38). The molecule has 4 rings (SSSR count). The van der Waals surface area contributed by atoms with Crippen LogP contribution in [0.25, 0.3) is 0 Å². The van der Waals surface area contributed by atoms with Gasteiger partial charge in [0.05, 0.1) is 49.1 Å². The molecule has 46 heavy (non-hydrogen) atoms. The summed E-state index contributed by atoms with van der Waals surface area (Å²) in [5, 5.41) is 30.2. The third-order valence-electron chi connectivity index (χ3n) is 10.4. The molecule has 4 aliphatic carbocycles. The van der Waals surface area contributed by atoms with Crippen molar-refractivity contribution in [3.05, 3.63) is 10.1 Å². The zero-order chi connectivity index (χ0) is 33.4. The van der Waals surface area contributed by atoms with Gasteiger partial charge in [0.1, 0.15) is 12.2 Å². The maximum absolute atomic E-state index is 12.8. The molecule has 13 heteroatoms. The van der Waals surface area contributed by atoms with E-state index < -0.39 is 52.5 Å². The van der Waals surface area contributed by atoms with Gasteiger partial charge in [-0.2, -0.15) is 0 Å². The molecule has 5 unspecified atom stereocenters. The molecular formula is C33H51NO12. The lowest BCUT2D eigenvalue weighted by molar-refractivity contribution is -0.528. The lowest BCUT2D eigenvalue weighted by Gasteiger charge is -2.35. The Morgan fingerprint density at radius 2 is 1.04 bits per heavy atom. The van der Waals surface area contributed by atoms with Crippen LogP contribution in [-0.2, 0) is 38.1 Å². The fraction of sp³-hybridized carbons (Fsp3) is 0.879. The van der Waals surface area contributed by atoms with E-state index in [-0.39, 0.29) is 55.1 Å². The van der Waals surface area contributed by atoms with E-state index in [9.17, 15) is 39.5 Å². The van der Waals surface area contributed by atoms with E-state index >= 15 is 0 Å². The maximum atomic E-state index is 12.8. The van der Waals surface area contributed by atoms with E-state index in [2.05, 4.69) is 13.8 Å². The zero-order valence-electron chi connectivity index (χ0n) is 27.1. The average Bonchev–Trinajstić information content (AvgIpc) is 3.03. The predicted octanol–water partition coefficient (Wildman–Crippen LogP) is 4.79. The van der Waals surface area contributed by atoms with Crippen LogP contribution in [0.15, 0.2) is 0 Å². The Balaban J connectivity index is 1.10. The first-order valence-electron chi connectivity index (χ1n) is 17.1. The van der Waals surface area contributed by atoms with Crippen molar-refractivity contribution in [1.29, 1.82) is 0 Å². The number of carboxylic acids is 2. The summed E-state index contributed by atoms with van der Waals surface area (Å²) in [7, 11) is 0. The first-order chi connectivity index (χ1) is 21.8. The smallest absolute Gasteiger partial charge is 0.310 e. The van der Waals surface area contributed by atoms with Crippen molar-refractivity contribution in [3.63, 3.8) is 0 Å². The minimum Gasteiger partial charge on any atom is -0.481 e. The van der Waals surface area contributed by atoms with E-state index in [0.717, 1.165) is 25.7 Å². The summed E-state index contributed by atoms with van der Waals surface area (Å²) in [6.45, 7) is 5.19. The molecule has 0 saturated heterocycles. The Kier molecular flexibility index (Phi) is 12.8. The van der Waals surface area contributed by atoms with Gasteiger partial charge in [0.2, 0.25) is 6.04 Å².